The van der Waals surface area contributed by atoms with Gasteiger partial charge in [-0.25, -0.2) is 4.98 Å². The summed E-state index contributed by atoms with van der Waals surface area (Å²) in [5, 5.41) is 4.06. The molecule has 1 unspecified atom stereocenters. The molecule has 0 saturated heterocycles. The molecular weight excluding hydrogens is 282 g/mol. The average Bonchev–Trinajstić information content (AvgIpc) is 3.21. The van der Waals surface area contributed by atoms with Gasteiger partial charge in [0, 0.05) is 11.1 Å². The minimum atomic E-state index is -0.0861. The molecule has 4 nitrogen and oxygen atoms in total. The zero-order chi connectivity index (χ0) is 15.0. The van der Waals surface area contributed by atoms with Crippen LogP contribution in [0.15, 0.2) is 18.3 Å². The number of aryl methyl sites for hydroxylation is 3. The highest BCUT2D eigenvalue weighted by Crippen LogP contribution is 2.40. The first-order chi connectivity index (χ1) is 10.0. The Bertz CT molecular complexity index is 676. The summed E-state index contributed by atoms with van der Waals surface area (Å²) in [6.07, 6.45) is 4.11. The fourth-order valence-electron chi connectivity index (χ4n) is 2.54. The number of hydrogen-bond donors (Lipinski definition) is 1. The molecule has 2 heterocycles. The first kappa shape index (κ1) is 14.2. The highest BCUT2D eigenvalue weighted by molar-refractivity contribution is 7.11. The lowest BCUT2D eigenvalue weighted by Gasteiger charge is -2.17. The van der Waals surface area contributed by atoms with E-state index in [9.17, 15) is 4.79 Å². The van der Waals surface area contributed by atoms with E-state index in [1.165, 1.54) is 5.56 Å². The van der Waals surface area contributed by atoms with Crippen LogP contribution < -0.4 is 5.32 Å². The molecule has 5 heteroatoms. The fraction of sp³-hybridized carbons (Fsp3) is 0.438. The van der Waals surface area contributed by atoms with E-state index in [0.717, 1.165) is 28.4 Å². The number of aromatic nitrogens is 2. The number of thiazole rings is 1. The van der Waals surface area contributed by atoms with Crippen LogP contribution in [-0.2, 0) is 0 Å². The third kappa shape index (κ3) is 3.13. The maximum Gasteiger partial charge on any atom is 0.271 e. The largest absolute Gasteiger partial charge is 0.342 e. The van der Waals surface area contributed by atoms with Crippen molar-refractivity contribution >= 4 is 17.2 Å². The van der Waals surface area contributed by atoms with Crippen molar-refractivity contribution in [1.82, 2.24) is 15.3 Å². The minimum Gasteiger partial charge on any atom is -0.342 e. The van der Waals surface area contributed by atoms with Gasteiger partial charge in [0.05, 0.1) is 16.7 Å². The van der Waals surface area contributed by atoms with Crippen molar-refractivity contribution in [2.24, 2.45) is 5.92 Å². The van der Waals surface area contributed by atoms with Gasteiger partial charge in [0.25, 0.3) is 5.91 Å². The highest BCUT2D eigenvalue weighted by atomic mass is 32.1. The Morgan fingerprint density at radius 3 is 2.71 bits per heavy atom. The van der Waals surface area contributed by atoms with Crippen LogP contribution in [0.4, 0.5) is 0 Å². The monoisotopic (exact) mass is 301 g/mol. The molecule has 2 aromatic rings. The van der Waals surface area contributed by atoms with E-state index in [1.807, 2.05) is 33.0 Å². The van der Waals surface area contributed by atoms with Crippen LogP contribution in [0.5, 0.6) is 0 Å². The van der Waals surface area contributed by atoms with Gasteiger partial charge in [-0.05, 0) is 57.2 Å². The Balaban J connectivity index is 1.83. The number of hydrogen-bond acceptors (Lipinski definition) is 4. The van der Waals surface area contributed by atoms with Gasteiger partial charge in [0.1, 0.15) is 5.69 Å². The average molecular weight is 301 g/mol. The number of rotatable bonds is 4. The molecule has 110 valence electrons. The zero-order valence-corrected chi connectivity index (χ0v) is 13.3. The number of carbonyl (C=O) groups is 1. The molecule has 21 heavy (non-hydrogen) atoms. The van der Waals surface area contributed by atoms with Crippen LogP contribution in [-0.4, -0.2) is 15.9 Å². The predicted molar refractivity (Wildman–Crippen MR) is 83.5 cm³/mol. The molecular formula is C16H19N3OS. The van der Waals surface area contributed by atoms with Crippen molar-refractivity contribution in [3.63, 3.8) is 0 Å². The second kappa shape index (κ2) is 5.56. The van der Waals surface area contributed by atoms with E-state index in [1.54, 1.807) is 11.3 Å². The molecule has 1 aliphatic carbocycles. The zero-order valence-electron chi connectivity index (χ0n) is 12.5. The molecule has 3 rings (SSSR count). The van der Waals surface area contributed by atoms with Gasteiger partial charge in [0.15, 0.2) is 0 Å². The van der Waals surface area contributed by atoms with Crippen molar-refractivity contribution in [3.05, 3.63) is 45.2 Å². The summed E-state index contributed by atoms with van der Waals surface area (Å²) in [5.41, 5.74) is 2.67. The molecule has 1 N–H and O–H groups in total. The fourth-order valence-corrected chi connectivity index (χ4v) is 3.36. The van der Waals surface area contributed by atoms with Gasteiger partial charge in [-0.3, -0.25) is 9.78 Å². The maximum atomic E-state index is 12.5. The van der Waals surface area contributed by atoms with Gasteiger partial charge < -0.3 is 5.32 Å². The Labute approximate surface area is 128 Å². The van der Waals surface area contributed by atoms with Crippen LogP contribution >= 0.6 is 11.3 Å². The quantitative estimate of drug-likeness (QED) is 0.942. The SMILES string of the molecule is Cc1ccnc(C(NC(=O)c2nc(C)sc2C)C2CC2)c1. The molecule has 0 aliphatic heterocycles. The number of pyridine rings is 1. The van der Waals surface area contributed by atoms with Crippen molar-refractivity contribution < 1.29 is 4.79 Å². The second-order valence-electron chi connectivity index (χ2n) is 5.68. The first-order valence-corrected chi connectivity index (χ1v) is 8.03. The van der Waals surface area contributed by atoms with Crippen LogP contribution in [0.2, 0.25) is 0 Å². The van der Waals surface area contributed by atoms with Crippen LogP contribution in [0.3, 0.4) is 0 Å². The molecule has 0 bridgehead atoms. The number of carbonyl (C=O) groups excluding carboxylic acids is 1. The van der Waals surface area contributed by atoms with E-state index in [0.29, 0.717) is 11.6 Å². The van der Waals surface area contributed by atoms with Gasteiger partial charge >= 0.3 is 0 Å². The summed E-state index contributed by atoms with van der Waals surface area (Å²) in [4.78, 5) is 22.2. The van der Waals surface area contributed by atoms with E-state index in [-0.39, 0.29) is 11.9 Å². The van der Waals surface area contributed by atoms with Gasteiger partial charge in [-0.1, -0.05) is 0 Å². The summed E-state index contributed by atoms with van der Waals surface area (Å²) in [6.45, 7) is 5.91. The normalized spacial score (nSPS) is 15.8. The van der Waals surface area contributed by atoms with Crippen molar-refractivity contribution in [2.45, 2.75) is 39.7 Å². The number of amides is 1. The molecule has 0 radical (unpaired) electrons. The van der Waals surface area contributed by atoms with Crippen molar-refractivity contribution in [2.75, 3.05) is 0 Å². The molecule has 1 aliphatic rings. The molecule has 0 aromatic carbocycles. The Morgan fingerprint density at radius 2 is 2.14 bits per heavy atom. The molecule has 1 fully saturated rings. The summed E-state index contributed by atoms with van der Waals surface area (Å²) < 4.78 is 0. The highest BCUT2D eigenvalue weighted by Gasteiger charge is 2.35. The minimum absolute atomic E-state index is 0.00111. The smallest absolute Gasteiger partial charge is 0.271 e. The van der Waals surface area contributed by atoms with E-state index in [4.69, 9.17) is 0 Å². The third-order valence-electron chi connectivity index (χ3n) is 3.75. The van der Waals surface area contributed by atoms with Crippen molar-refractivity contribution in [3.8, 4) is 0 Å². The standard InChI is InChI=1S/C16H19N3OS/c1-9-6-7-17-13(8-9)15(12-4-5-12)19-16(20)14-10(2)21-11(3)18-14/h6-8,12,15H,4-5H2,1-3H3,(H,19,20). The molecule has 2 aromatic heterocycles. The Kier molecular flexibility index (Phi) is 3.76. The Hall–Kier alpha value is -1.75. The van der Waals surface area contributed by atoms with Crippen LogP contribution in [0.25, 0.3) is 0 Å². The summed E-state index contributed by atoms with van der Waals surface area (Å²) in [6, 6.07) is 4.03. The summed E-state index contributed by atoms with van der Waals surface area (Å²) in [7, 11) is 0. The Morgan fingerprint density at radius 1 is 1.38 bits per heavy atom. The summed E-state index contributed by atoms with van der Waals surface area (Å²) >= 11 is 1.56. The van der Waals surface area contributed by atoms with E-state index in [2.05, 4.69) is 21.4 Å². The lowest BCUT2D eigenvalue weighted by molar-refractivity contribution is 0.0925. The summed E-state index contributed by atoms with van der Waals surface area (Å²) in [5.74, 6) is 0.417. The molecule has 0 spiro atoms. The molecule has 1 atom stereocenters. The van der Waals surface area contributed by atoms with Crippen LogP contribution in [0.1, 0.15) is 50.5 Å². The predicted octanol–water partition coefficient (Wildman–Crippen LogP) is 3.34. The van der Waals surface area contributed by atoms with Crippen LogP contribution in [0, 0.1) is 26.7 Å². The van der Waals surface area contributed by atoms with Gasteiger partial charge in [-0.15, -0.1) is 11.3 Å². The second-order valence-corrected chi connectivity index (χ2v) is 7.09. The molecule has 1 saturated carbocycles. The van der Waals surface area contributed by atoms with E-state index >= 15 is 0 Å². The lowest BCUT2D eigenvalue weighted by Crippen LogP contribution is -2.31. The topological polar surface area (TPSA) is 54.9 Å². The number of nitrogens with one attached hydrogen (secondary N) is 1. The van der Waals surface area contributed by atoms with Gasteiger partial charge in [-0.2, -0.15) is 0 Å². The van der Waals surface area contributed by atoms with E-state index < -0.39 is 0 Å². The van der Waals surface area contributed by atoms with Gasteiger partial charge in [0.2, 0.25) is 0 Å². The molecule has 1 amide bonds. The first-order valence-electron chi connectivity index (χ1n) is 7.22. The lowest BCUT2D eigenvalue weighted by atomic mass is 10.1. The maximum absolute atomic E-state index is 12.5. The third-order valence-corrected chi connectivity index (χ3v) is 4.64. The van der Waals surface area contributed by atoms with Crippen molar-refractivity contribution in [1.29, 1.82) is 0 Å². The number of nitrogens with zero attached hydrogens (tertiary/aromatic N) is 2.